The molecule has 2 aromatic rings. The van der Waals surface area contributed by atoms with E-state index < -0.39 is 11.7 Å². The van der Waals surface area contributed by atoms with Crippen LogP contribution in [0.4, 0.5) is 10.1 Å². The first kappa shape index (κ1) is 23.0. The molecule has 6 nitrogen and oxygen atoms in total. The second-order valence-corrected chi connectivity index (χ2v) is 8.66. The van der Waals surface area contributed by atoms with Crippen molar-refractivity contribution in [3.8, 4) is 5.75 Å². The minimum atomic E-state index is -0.419. The van der Waals surface area contributed by atoms with Gasteiger partial charge in [0.05, 0.1) is 17.9 Å². The summed E-state index contributed by atoms with van der Waals surface area (Å²) in [6.45, 7) is 4.52. The Morgan fingerprint density at radius 1 is 1.00 bits per heavy atom. The molecule has 174 valence electrons. The zero-order valence-corrected chi connectivity index (χ0v) is 19.4. The number of likely N-dealkylation sites (tertiary alicyclic amines) is 1. The number of nitrogens with zero attached hydrogens (tertiary/aromatic N) is 3. The lowest BCUT2D eigenvalue weighted by Gasteiger charge is -2.36. The highest BCUT2D eigenvalue weighted by molar-refractivity contribution is 6.45. The van der Waals surface area contributed by atoms with Crippen LogP contribution in [0.15, 0.2) is 54.2 Å². The summed E-state index contributed by atoms with van der Waals surface area (Å²) in [6, 6.07) is 12.9. The largest absolute Gasteiger partial charge is 0.494 e. The predicted molar refractivity (Wildman–Crippen MR) is 126 cm³/mol. The second-order valence-electron chi connectivity index (χ2n) is 8.66. The first-order chi connectivity index (χ1) is 15.9. The van der Waals surface area contributed by atoms with E-state index in [0.29, 0.717) is 29.1 Å². The number of hydrogen-bond donors (Lipinski definition) is 0. The summed E-state index contributed by atoms with van der Waals surface area (Å²) in [5, 5.41) is 0. The van der Waals surface area contributed by atoms with Gasteiger partial charge in [-0.3, -0.25) is 9.59 Å². The van der Waals surface area contributed by atoms with Gasteiger partial charge in [0.15, 0.2) is 0 Å². The molecule has 2 heterocycles. The van der Waals surface area contributed by atoms with Crippen LogP contribution in [0.1, 0.15) is 31.7 Å². The van der Waals surface area contributed by atoms with Gasteiger partial charge in [-0.25, -0.2) is 9.29 Å². The van der Waals surface area contributed by atoms with E-state index in [2.05, 4.69) is 11.9 Å². The Kier molecular flexibility index (Phi) is 6.79. The predicted octanol–water partition coefficient (Wildman–Crippen LogP) is 3.93. The molecule has 33 heavy (non-hydrogen) atoms. The van der Waals surface area contributed by atoms with Crippen molar-refractivity contribution in [1.82, 2.24) is 9.80 Å². The Labute approximate surface area is 194 Å². The fraction of sp³-hybridized carbons (Fsp3) is 0.385. The van der Waals surface area contributed by atoms with Gasteiger partial charge in [0, 0.05) is 13.1 Å². The van der Waals surface area contributed by atoms with Crippen molar-refractivity contribution < 1.29 is 18.7 Å². The number of likely N-dealkylation sites (N-methyl/N-ethyl adjacent to an activating group) is 1. The zero-order chi connectivity index (χ0) is 23.5. The summed E-state index contributed by atoms with van der Waals surface area (Å²) in [5.74, 6) is -0.478. The molecule has 2 aliphatic rings. The number of ether oxygens (including phenoxy) is 1. The smallest absolute Gasteiger partial charge is 0.282 e. The van der Waals surface area contributed by atoms with E-state index >= 15 is 0 Å². The number of piperidine rings is 1. The molecule has 2 aliphatic heterocycles. The van der Waals surface area contributed by atoms with Crippen LogP contribution < -0.4 is 9.64 Å². The lowest BCUT2D eigenvalue weighted by molar-refractivity contribution is -0.120. The number of benzene rings is 2. The summed E-state index contributed by atoms with van der Waals surface area (Å²) >= 11 is 0. The third-order valence-electron chi connectivity index (χ3n) is 6.35. The fourth-order valence-electron chi connectivity index (χ4n) is 4.43. The van der Waals surface area contributed by atoms with Crippen molar-refractivity contribution in [2.24, 2.45) is 0 Å². The molecule has 0 radical (unpaired) electrons. The SMILES string of the molecule is CCCOc1ccc(C2=C(N(C)C3CCN(C)CC3)C(=O)N(c3ccc(F)cc3)C2=O)cc1. The Balaban J connectivity index is 1.73. The molecule has 1 fully saturated rings. The normalized spacial score (nSPS) is 17.8. The highest BCUT2D eigenvalue weighted by Gasteiger charge is 2.43. The topological polar surface area (TPSA) is 53.1 Å². The van der Waals surface area contributed by atoms with Crippen LogP contribution in [0.3, 0.4) is 0 Å². The number of halogens is 1. The van der Waals surface area contributed by atoms with Gasteiger partial charge in [0.25, 0.3) is 11.8 Å². The number of rotatable bonds is 7. The lowest BCUT2D eigenvalue weighted by atomic mass is 10.00. The number of amides is 2. The molecule has 2 aromatic carbocycles. The van der Waals surface area contributed by atoms with Crippen LogP contribution in [0.25, 0.3) is 5.57 Å². The Morgan fingerprint density at radius 3 is 2.24 bits per heavy atom. The Hall–Kier alpha value is -3.19. The van der Waals surface area contributed by atoms with Crippen LogP contribution in [0.2, 0.25) is 0 Å². The van der Waals surface area contributed by atoms with E-state index in [1.807, 2.05) is 43.1 Å². The third-order valence-corrected chi connectivity index (χ3v) is 6.35. The van der Waals surface area contributed by atoms with E-state index in [1.165, 1.54) is 24.3 Å². The minimum Gasteiger partial charge on any atom is -0.494 e. The Morgan fingerprint density at radius 2 is 1.64 bits per heavy atom. The lowest BCUT2D eigenvalue weighted by Crippen LogP contribution is -2.43. The van der Waals surface area contributed by atoms with E-state index in [-0.39, 0.29) is 11.9 Å². The molecule has 1 saturated heterocycles. The molecular weight excluding hydrogens is 421 g/mol. The van der Waals surface area contributed by atoms with Crippen molar-refractivity contribution in [3.05, 3.63) is 65.6 Å². The first-order valence-electron chi connectivity index (χ1n) is 11.4. The molecule has 7 heteroatoms. The molecule has 0 N–H and O–H groups in total. The molecule has 4 rings (SSSR count). The summed E-state index contributed by atoms with van der Waals surface area (Å²) in [4.78, 5) is 32.6. The number of carbonyl (C=O) groups excluding carboxylic acids is 2. The minimum absolute atomic E-state index is 0.156. The molecule has 2 amide bonds. The summed E-state index contributed by atoms with van der Waals surface area (Å²) in [6.07, 6.45) is 2.72. The summed E-state index contributed by atoms with van der Waals surface area (Å²) in [7, 11) is 3.98. The molecule has 0 atom stereocenters. The average Bonchev–Trinajstić information content (AvgIpc) is 3.08. The van der Waals surface area contributed by atoms with Crippen molar-refractivity contribution in [3.63, 3.8) is 0 Å². The maximum Gasteiger partial charge on any atom is 0.282 e. The highest BCUT2D eigenvalue weighted by Crippen LogP contribution is 2.36. The monoisotopic (exact) mass is 451 g/mol. The van der Waals surface area contributed by atoms with Gasteiger partial charge in [-0.2, -0.15) is 0 Å². The van der Waals surface area contributed by atoms with Crippen LogP contribution in [-0.2, 0) is 9.59 Å². The molecule has 0 saturated carbocycles. The molecule has 0 aromatic heterocycles. The quantitative estimate of drug-likeness (QED) is 0.597. The van der Waals surface area contributed by atoms with Gasteiger partial charge in [-0.05, 0) is 81.4 Å². The fourth-order valence-corrected chi connectivity index (χ4v) is 4.43. The maximum atomic E-state index is 13.6. The van der Waals surface area contributed by atoms with Crippen molar-refractivity contribution in [2.75, 3.05) is 38.7 Å². The highest BCUT2D eigenvalue weighted by atomic mass is 19.1. The standard InChI is InChI=1S/C26H30FN3O3/c1-4-17-33-22-11-5-18(6-12-22)23-24(29(3)20-13-15-28(2)16-14-20)26(32)30(25(23)31)21-9-7-19(27)8-10-21/h5-12,20H,4,13-17H2,1-3H3. The third kappa shape index (κ3) is 4.64. The molecular formula is C26H30FN3O3. The average molecular weight is 452 g/mol. The van der Waals surface area contributed by atoms with Crippen LogP contribution in [0.5, 0.6) is 5.75 Å². The second kappa shape index (κ2) is 9.75. The van der Waals surface area contributed by atoms with Gasteiger partial charge in [-0.1, -0.05) is 19.1 Å². The van der Waals surface area contributed by atoms with Crippen molar-refractivity contribution in [2.45, 2.75) is 32.2 Å². The summed E-state index contributed by atoms with van der Waals surface area (Å²) in [5.41, 5.74) is 1.78. The van der Waals surface area contributed by atoms with Crippen molar-refractivity contribution in [1.29, 1.82) is 0 Å². The van der Waals surface area contributed by atoms with Gasteiger partial charge >= 0.3 is 0 Å². The first-order valence-corrected chi connectivity index (χ1v) is 11.4. The maximum absolute atomic E-state index is 13.6. The van der Waals surface area contributed by atoms with Crippen LogP contribution in [-0.4, -0.2) is 61.4 Å². The van der Waals surface area contributed by atoms with E-state index in [0.717, 1.165) is 43.0 Å². The van der Waals surface area contributed by atoms with Gasteiger partial charge in [0.2, 0.25) is 0 Å². The number of imide groups is 1. The van der Waals surface area contributed by atoms with Gasteiger partial charge in [0.1, 0.15) is 17.3 Å². The molecule has 0 aliphatic carbocycles. The van der Waals surface area contributed by atoms with Gasteiger partial charge in [-0.15, -0.1) is 0 Å². The molecule has 0 unspecified atom stereocenters. The molecule has 0 bridgehead atoms. The van der Waals surface area contributed by atoms with E-state index in [4.69, 9.17) is 4.74 Å². The van der Waals surface area contributed by atoms with Crippen molar-refractivity contribution >= 4 is 23.1 Å². The van der Waals surface area contributed by atoms with E-state index in [1.54, 1.807) is 0 Å². The number of carbonyl (C=O) groups is 2. The van der Waals surface area contributed by atoms with Crippen LogP contribution >= 0.6 is 0 Å². The molecule has 0 spiro atoms. The number of anilines is 1. The zero-order valence-electron chi connectivity index (χ0n) is 19.4. The summed E-state index contributed by atoms with van der Waals surface area (Å²) < 4.78 is 19.2. The Bertz CT molecular complexity index is 1040. The number of hydrogen-bond acceptors (Lipinski definition) is 5. The van der Waals surface area contributed by atoms with E-state index in [9.17, 15) is 14.0 Å². The van der Waals surface area contributed by atoms with Crippen LogP contribution in [0, 0.1) is 5.82 Å². The van der Waals surface area contributed by atoms with Gasteiger partial charge < -0.3 is 14.5 Å².